The van der Waals surface area contributed by atoms with Gasteiger partial charge in [-0.15, -0.1) is 0 Å². The molecule has 0 spiro atoms. The standard InChI is InChI=1S/C21H23N3O3/c1-14-4-6-16(7-5-14)19(25)17-18(15-8-10-22-11-9-15)24(13-12-23(2)3)21(27)20(17)26/h4-11,18,25H,12-13H2,1-3H3/t18-/m0/s1. The number of aliphatic hydroxyl groups is 1. The van der Waals surface area contributed by atoms with Crippen LogP contribution in [0.3, 0.4) is 0 Å². The molecule has 2 aromatic rings. The molecular weight excluding hydrogens is 342 g/mol. The summed E-state index contributed by atoms with van der Waals surface area (Å²) in [5.41, 5.74) is 2.43. The molecule has 0 bridgehead atoms. The summed E-state index contributed by atoms with van der Waals surface area (Å²) in [6.07, 6.45) is 3.24. The van der Waals surface area contributed by atoms with Crippen molar-refractivity contribution < 1.29 is 14.7 Å². The Hall–Kier alpha value is -2.99. The second-order valence-corrected chi connectivity index (χ2v) is 6.94. The van der Waals surface area contributed by atoms with E-state index in [0.29, 0.717) is 18.7 Å². The SMILES string of the molecule is Cc1ccc(C(O)=C2C(=O)C(=O)N(CCN(C)C)[C@H]2c2ccncc2)cc1. The van der Waals surface area contributed by atoms with Crippen LogP contribution in [0.5, 0.6) is 0 Å². The van der Waals surface area contributed by atoms with Crippen molar-refractivity contribution in [3.8, 4) is 0 Å². The van der Waals surface area contributed by atoms with E-state index in [-0.39, 0.29) is 11.3 Å². The number of pyridine rings is 1. The molecule has 6 heteroatoms. The van der Waals surface area contributed by atoms with Gasteiger partial charge in [-0.3, -0.25) is 14.6 Å². The van der Waals surface area contributed by atoms with Crippen LogP contribution in [0.15, 0.2) is 54.4 Å². The molecule has 140 valence electrons. The Morgan fingerprint density at radius 1 is 1.11 bits per heavy atom. The van der Waals surface area contributed by atoms with E-state index in [1.165, 1.54) is 4.90 Å². The zero-order valence-electron chi connectivity index (χ0n) is 15.7. The maximum Gasteiger partial charge on any atom is 0.295 e. The first-order valence-electron chi connectivity index (χ1n) is 8.80. The van der Waals surface area contributed by atoms with Crippen molar-refractivity contribution in [1.29, 1.82) is 0 Å². The predicted molar refractivity (Wildman–Crippen MR) is 103 cm³/mol. The lowest BCUT2D eigenvalue weighted by Gasteiger charge is -2.26. The number of hydrogen-bond acceptors (Lipinski definition) is 5. The summed E-state index contributed by atoms with van der Waals surface area (Å²) in [5.74, 6) is -1.40. The van der Waals surface area contributed by atoms with E-state index in [4.69, 9.17) is 0 Å². The smallest absolute Gasteiger partial charge is 0.295 e. The third-order valence-electron chi connectivity index (χ3n) is 4.67. The van der Waals surface area contributed by atoms with E-state index < -0.39 is 17.7 Å². The van der Waals surface area contributed by atoms with Crippen LogP contribution in [0.1, 0.15) is 22.7 Å². The van der Waals surface area contributed by atoms with E-state index in [9.17, 15) is 14.7 Å². The van der Waals surface area contributed by atoms with Gasteiger partial charge in [0, 0.05) is 31.0 Å². The molecule has 1 amide bonds. The second-order valence-electron chi connectivity index (χ2n) is 6.94. The summed E-state index contributed by atoms with van der Waals surface area (Å²) < 4.78 is 0. The molecule has 27 heavy (non-hydrogen) atoms. The van der Waals surface area contributed by atoms with Crippen LogP contribution in [-0.4, -0.2) is 58.8 Å². The van der Waals surface area contributed by atoms with E-state index >= 15 is 0 Å². The van der Waals surface area contributed by atoms with Gasteiger partial charge in [-0.2, -0.15) is 0 Å². The van der Waals surface area contributed by atoms with Crippen LogP contribution in [0.4, 0.5) is 0 Å². The van der Waals surface area contributed by atoms with Gasteiger partial charge < -0.3 is 14.9 Å². The van der Waals surface area contributed by atoms with Gasteiger partial charge in [0.25, 0.3) is 11.7 Å². The average molecular weight is 365 g/mol. The number of carbonyl (C=O) groups is 2. The minimum Gasteiger partial charge on any atom is -0.507 e. The van der Waals surface area contributed by atoms with Gasteiger partial charge in [0.2, 0.25) is 0 Å². The number of carbonyl (C=O) groups excluding carboxylic acids is 2. The van der Waals surface area contributed by atoms with Gasteiger partial charge in [0.05, 0.1) is 11.6 Å². The first kappa shape index (κ1) is 18.8. The molecular formula is C21H23N3O3. The molecule has 2 heterocycles. The predicted octanol–water partition coefficient (Wildman–Crippen LogP) is 2.37. The van der Waals surface area contributed by atoms with Crippen molar-refractivity contribution in [2.24, 2.45) is 0 Å². The fourth-order valence-electron chi connectivity index (χ4n) is 3.18. The summed E-state index contributed by atoms with van der Waals surface area (Å²) >= 11 is 0. The zero-order chi connectivity index (χ0) is 19.6. The fraction of sp³-hybridized carbons (Fsp3) is 0.286. The summed E-state index contributed by atoms with van der Waals surface area (Å²) in [5, 5.41) is 10.9. The molecule has 1 atom stereocenters. The number of aryl methyl sites for hydroxylation is 1. The van der Waals surface area contributed by atoms with Gasteiger partial charge in [0.1, 0.15) is 5.76 Å². The molecule has 6 nitrogen and oxygen atoms in total. The number of likely N-dealkylation sites (tertiary alicyclic amines) is 1. The van der Waals surface area contributed by atoms with E-state index in [0.717, 1.165) is 11.1 Å². The van der Waals surface area contributed by atoms with Crippen LogP contribution >= 0.6 is 0 Å². The van der Waals surface area contributed by atoms with Crippen molar-refractivity contribution in [1.82, 2.24) is 14.8 Å². The lowest BCUT2D eigenvalue weighted by molar-refractivity contribution is -0.140. The van der Waals surface area contributed by atoms with Crippen LogP contribution in [-0.2, 0) is 9.59 Å². The molecule has 0 radical (unpaired) electrons. The lowest BCUT2D eigenvalue weighted by atomic mass is 9.95. The Bertz CT molecular complexity index is 873. The Kier molecular flexibility index (Phi) is 5.37. The first-order valence-corrected chi connectivity index (χ1v) is 8.80. The first-order chi connectivity index (χ1) is 12.9. The molecule has 0 aliphatic carbocycles. The normalized spacial score (nSPS) is 19.1. The van der Waals surface area contributed by atoms with Gasteiger partial charge in [-0.1, -0.05) is 29.8 Å². The lowest BCUT2D eigenvalue weighted by Crippen LogP contribution is -2.35. The van der Waals surface area contributed by atoms with Crippen molar-refractivity contribution >= 4 is 17.4 Å². The minimum atomic E-state index is -0.659. The Balaban J connectivity index is 2.12. The number of rotatable bonds is 5. The molecule has 1 aliphatic heterocycles. The second kappa shape index (κ2) is 7.72. The van der Waals surface area contributed by atoms with E-state index in [2.05, 4.69) is 4.98 Å². The molecule has 0 saturated carbocycles. The summed E-state index contributed by atoms with van der Waals surface area (Å²) in [6.45, 7) is 2.94. The third kappa shape index (κ3) is 3.75. The molecule has 1 aromatic carbocycles. The van der Waals surface area contributed by atoms with Crippen LogP contribution in [0.2, 0.25) is 0 Å². The largest absolute Gasteiger partial charge is 0.507 e. The number of Topliss-reactive ketones (excluding diaryl/α,β-unsaturated/α-hetero) is 1. The van der Waals surface area contributed by atoms with Crippen molar-refractivity contribution in [2.45, 2.75) is 13.0 Å². The van der Waals surface area contributed by atoms with E-state index in [1.54, 1.807) is 36.7 Å². The Labute approximate surface area is 158 Å². The zero-order valence-corrected chi connectivity index (χ0v) is 15.7. The van der Waals surface area contributed by atoms with Crippen molar-refractivity contribution in [2.75, 3.05) is 27.2 Å². The number of ketones is 1. The number of nitrogens with zero attached hydrogens (tertiary/aromatic N) is 3. The number of aliphatic hydroxyl groups excluding tert-OH is 1. The highest BCUT2D eigenvalue weighted by Crippen LogP contribution is 2.38. The summed E-state index contributed by atoms with van der Waals surface area (Å²) in [4.78, 5) is 33.0. The molecule has 3 rings (SSSR count). The van der Waals surface area contributed by atoms with Crippen molar-refractivity contribution in [3.63, 3.8) is 0 Å². The topological polar surface area (TPSA) is 73.7 Å². The number of benzene rings is 1. The third-order valence-corrected chi connectivity index (χ3v) is 4.67. The van der Waals surface area contributed by atoms with Gasteiger partial charge in [-0.25, -0.2) is 0 Å². The number of aromatic nitrogens is 1. The maximum atomic E-state index is 12.8. The highest BCUT2D eigenvalue weighted by Gasteiger charge is 2.45. The Morgan fingerprint density at radius 3 is 2.33 bits per heavy atom. The number of likely N-dealkylation sites (N-methyl/N-ethyl adjacent to an activating group) is 1. The monoisotopic (exact) mass is 365 g/mol. The fourth-order valence-corrected chi connectivity index (χ4v) is 3.18. The van der Waals surface area contributed by atoms with Crippen LogP contribution in [0, 0.1) is 6.92 Å². The van der Waals surface area contributed by atoms with Gasteiger partial charge >= 0.3 is 0 Å². The average Bonchev–Trinajstić information content (AvgIpc) is 2.91. The molecule has 1 fully saturated rings. The molecule has 1 saturated heterocycles. The minimum absolute atomic E-state index is 0.119. The highest BCUT2D eigenvalue weighted by atomic mass is 16.3. The number of amides is 1. The van der Waals surface area contributed by atoms with E-state index in [1.807, 2.05) is 38.1 Å². The Morgan fingerprint density at radius 2 is 1.74 bits per heavy atom. The summed E-state index contributed by atoms with van der Waals surface area (Å²) in [6, 6.07) is 10.1. The maximum absolute atomic E-state index is 12.8. The highest BCUT2D eigenvalue weighted by molar-refractivity contribution is 6.46. The van der Waals surface area contributed by atoms with Gasteiger partial charge in [0.15, 0.2) is 0 Å². The molecule has 1 aromatic heterocycles. The van der Waals surface area contributed by atoms with Crippen LogP contribution in [0.25, 0.3) is 5.76 Å². The quantitative estimate of drug-likeness (QED) is 0.500. The van der Waals surface area contributed by atoms with Crippen LogP contribution < -0.4 is 0 Å². The molecule has 1 aliphatic rings. The number of hydrogen-bond donors (Lipinski definition) is 1. The van der Waals surface area contributed by atoms with Gasteiger partial charge in [-0.05, 0) is 38.7 Å². The molecule has 0 unspecified atom stereocenters. The molecule has 1 N–H and O–H groups in total. The van der Waals surface area contributed by atoms with Crippen molar-refractivity contribution in [3.05, 3.63) is 71.1 Å². The summed E-state index contributed by atoms with van der Waals surface area (Å²) in [7, 11) is 3.81.